The largest absolute Gasteiger partial charge is 0.494 e. The van der Waals surface area contributed by atoms with E-state index >= 15 is 0 Å². The van der Waals surface area contributed by atoms with Crippen LogP contribution in [-0.4, -0.2) is 26.6 Å². The number of thiazole rings is 1. The van der Waals surface area contributed by atoms with Crippen molar-refractivity contribution in [2.45, 2.75) is 18.7 Å². The zero-order chi connectivity index (χ0) is 22.3. The van der Waals surface area contributed by atoms with Crippen molar-refractivity contribution < 1.29 is 23.8 Å². The van der Waals surface area contributed by atoms with Crippen molar-refractivity contribution in [1.29, 1.82) is 0 Å². The van der Waals surface area contributed by atoms with Gasteiger partial charge in [0.25, 0.3) is 5.91 Å². The highest BCUT2D eigenvalue weighted by atomic mass is 32.1. The Morgan fingerprint density at radius 2 is 2.00 bits per heavy atom. The van der Waals surface area contributed by atoms with E-state index < -0.39 is 23.3 Å². The third-order valence-corrected chi connectivity index (χ3v) is 6.12. The number of rotatable bonds is 6. The molecule has 3 N–H and O–H groups in total. The molecule has 1 saturated heterocycles. The second-order valence-electron chi connectivity index (χ2n) is 7.36. The first kappa shape index (κ1) is 20.0. The number of nitrogens with zero attached hydrogens (tertiary/aromatic N) is 2. The molecule has 2 aromatic heterocycles. The monoisotopic (exact) mass is 452 g/mol. The second kappa shape index (κ2) is 7.65. The Kier molecular flexibility index (Phi) is 4.78. The van der Waals surface area contributed by atoms with Crippen LogP contribution in [0.15, 0.2) is 60.2 Å². The maximum atomic E-state index is 13.4. The third-order valence-electron chi connectivity index (χ3n) is 5.36. The summed E-state index contributed by atoms with van der Waals surface area (Å²) in [7, 11) is 0. The molecule has 0 aliphatic carbocycles. The fourth-order valence-corrected chi connectivity index (χ4v) is 4.33. The van der Waals surface area contributed by atoms with E-state index in [1.165, 1.54) is 40.2 Å². The molecule has 1 unspecified atom stereocenters. The summed E-state index contributed by atoms with van der Waals surface area (Å²) in [5, 5.41) is 19.6. The summed E-state index contributed by atoms with van der Waals surface area (Å²) >= 11 is 1.49. The highest BCUT2D eigenvalue weighted by molar-refractivity contribution is 7.09. The first-order valence-corrected chi connectivity index (χ1v) is 10.6. The van der Waals surface area contributed by atoms with Crippen LogP contribution in [0.4, 0.5) is 9.18 Å². The Labute approximate surface area is 185 Å². The molecule has 8 nitrogen and oxygen atoms in total. The van der Waals surface area contributed by atoms with Gasteiger partial charge in [0.1, 0.15) is 23.2 Å². The zero-order valence-corrected chi connectivity index (χ0v) is 17.4. The molecule has 0 bridgehead atoms. The Balaban J connectivity index is 1.48. The first-order chi connectivity index (χ1) is 15.4. The lowest BCUT2D eigenvalue weighted by Crippen LogP contribution is -2.47. The number of carbonyl (C=O) groups excluding carboxylic acids is 2. The van der Waals surface area contributed by atoms with Gasteiger partial charge in [0.15, 0.2) is 11.4 Å². The number of fused-ring (bicyclic) bond motifs is 1. The van der Waals surface area contributed by atoms with Crippen LogP contribution in [0.3, 0.4) is 0 Å². The van der Waals surface area contributed by atoms with Gasteiger partial charge >= 0.3 is 6.03 Å². The molecule has 1 atom stereocenters. The predicted molar refractivity (Wildman–Crippen MR) is 115 cm³/mol. The van der Waals surface area contributed by atoms with Gasteiger partial charge in [-0.1, -0.05) is 12.1 Å². The maximum Gasteiger partial charge on any atom is 0.322 e. The number of amides is 3. The van der Waals surface area contributed by atoms with Crippen LogP contribution in [0.25, 0.3) is 10.8 Å². The number of aromatic hydroxyl groups is 1. The smallest absolute Gasteiger partial charge is 0.322 e. The Hall–Kier alpha value is -3.92. The van der Waals surface area contributed by atoms with Gasteiger partial charge in [0.2, 0.25) is 0 Å². The molecule has 0 radical (unpaired) electrons. The van der Waals surface area contributed by atoms with Gasteiger partial charge in [0, 0.05) is 28.5 Å². The van der Waals surface area contributed by atoms with Crippen molar-refractivity contribution in [3.8, 4) is 11.6 Å². The summed E-state index contributed by atoms with van der Waals surface area (Å²) in [6, 6.07) is 9.87. The van der Waals surface area contributed by atoms with E-state index in [0.717, 1.165) is 5.01 Å². The number of hydrogen-bond acceptors (Lipinski definition) is 6. The van der Waals surface area contributed by atoms with Crippen molar-refractivity contribution in [2.75, 3.05) is 0 Å². The van der Waals surface area contributed by atoms with Gasteiger partial charge in [-0.3, -0.25) is 10.1 Å². The summed E-state index contributed by atoms with van der Waals surface area (Å²) in [5.41, 5.74) is -1.10. The van der Waals surface area contributed by atoms with Gasteiger partial charge in [0.05, 0.1) is 6.54 Å². The van der Waals surface area contributed by atoms with Crippen molar-refractivity contribution in [1.82, 2.24) is 20.2 Å². The molecule has 0 spiro atoms. The predicted octanol–water partition coefficient (Wildman–Crippen LogP) is 3.26. The Morgan fingerprint density at radius 1 is 1.19 bits per heavy atom. The van der Waals surface area contributed by atoms with Gasteiger partial charge in [-0.25, -0.2) is 14.2 Å². The van der Waals surface area contributed by atoms with Gasteiger partial charge < -0.3 is 19.7 Å². The second-order valence-corrected chi connectivity index (χ2v) is 8.34. The lowest BCUT2D eigenvalue weighted by atomic mass is 9.89. The van der Waals surface area contributed by atoms with Crippen molar-refractivity contribution in [3.05, 3.63) is 76.6 Å². The molecule has 2 aromatic carbocycles. The number of hydrogen-bond donors (Lipinski definition) is 3. The molecule has 162 valence electrons. The van der Waals surface area contributed by atoms with E-state index in [9.17, 15) is 19.1 Å². The van der Waals surface area contributed by atoms with E-state index in [0.29, 0.717) is 28.7 Å². The van der Waals surface area contributed by atoms with Gasteiger partial charge in [-0.15, -0.1) is 11.3 Å². The van der Waals surface area contributed by atoms with Crippen LogP contribution in [0.1, 0.15) is 10.6 Å². The number of nitrogens with one attached hydrogen (secondary N) is 2. The maximum absolute atomic E-state index is 13.4. The standard InChI is InChI=1S/C22H17FN4O4S/c23-15-3-1-14(2-4-15)22(20(29)25-21(30)26-22)12-27-10-13-9-16(5-6-17(13)19(27)28)31-11-18-24-7-8-32-18/h1-10,28H,11-12H2,(H2,25,26,29,30). The number of ether oxygens (including phenoxy) is 1. The minimum atomic E-state index is -1.50. The minimum Gasteiger partial charge on any atom is -0.494 e. The van der Waals surface area contributed by atoms with Gasteiger partial charge in [-0.05, 0) is 35.9 Å². The molecular formula is C22H17FN4O4S. The number of aromatic nitrogens is 2. The third kappa shape index (κ3) is 3.44. The topological polar surface area (TPSA) is 105 Å². The van der Waals surface area contributed by atoms with Crippen LogP contribution in [0, 0.1) is 5.82 Å². The molecule has 3 amide bonds. The van der Waals surface area contributed by atoms with Crippen LogP contribution in [0.2, 0.25) is 0 Å². The SMILES string of the molecule is O=C1NC(=O)C(Cn2cc3cc(OCc4nccs4)ccc3c2O)(c2ccc(F)cc2)N1. The number of halogens is 1. The van der Waals surface area contributed by atoms with Crippen LogP contribution in [-0.2, 0) is 23.5 Å². The Bertz CT molecular complexity index is 1320. The number of urea groups is 1. The van der Waals surface area contributed by atoms with Gasteiger partial charge in [-0.2, -0.15) is 0 Å². The quantitative estimate of drug-likeness (QED) is 0.390. The molecule has 10 heteroatoms. The van der Waals surface area contributed by atoms with E-state index in [1.54, 1.807) is 30.6 Å². The van der Waals surface area contributed by atoms with Crippen LogP contribution in [0.5, 0.6) is 11.6 Å². The summed E-state index contributed by atoms with van der Waals surface area (Å²) in [5.74, 6) is -0.515. The fourth-order valence-electron chi connectivity index (χ4n) is 3.80. The van der Waals surface area contributed by atoms with E-state index in [1.807, 2.05) is 5.38 Å². The number of carbonyl (C=O) groups is 2. The number of imide groups is 1. The van der Waals surface area contributed by atoms with Crippen LogP contribution >= 0.6 is 11.3 Å². The highest BCUT2D eigenvalue weighted by Gasteiger charge is 2.48. The molecule has 5 rings (SSSR count). The van der Waals surface area contributed by atoms with Crippen molar-refractivity contribution in [3.63, 3.8) is 0 Å². The molecule has 4 aromatic rings. The average Bonchev–Trinajstić information content (AvgIpc) is 3.47. The van der Waals surface area contributed by atoms with Crippen LogP contribution < -0.4 is 15.4 Å². The molecule has 3 heterocycles. The minimum absolute atomic E-state index is 0.0677. The average molecular weight is 452 g/mol. The Morgan fingerprint density at radius 3 is 2.69 bits per heavy atom. The summed E-state index contributed by atoms with van der Waals surface area (Å²) in [6.45, 7) is 0.238. The lowest BCUT2D eigenvalue weighted by molar-refractivity contribution is -0.124. The summed E-state index contributed by atoms with van der Waals surface area (Å²) < 4.78 is 20.7. The van der Waals surface area contributed by atoms with E-state index in [-0.39, 0.29) is 12.4 Å². The normalized spacial score (nSPS) is 18.0. The summed E-state index contributed by atoms with van der Waals surface area (Å²) in [6.07, 6.45) is 3.38. The van der Waals surface area contributed by atoms with Crippen molar-refractivity contribution >= 4 is 34.0 Å². The molecule has 1 aliphatic heterocycles. The number of benzene rings is 2. The van der Waals surface area contributed by atoms with E-state index in [2.05, 4.69) is 15.6 Å². The molecule has 1 aliphatic rings. The fraction of sp³-hybridized carbons (Fsp3) is 0.136. The van der Waals surface area contributed by atoms with E-state index in [4.69, 9.17) is 4.74 Å². The molecule has 0 saturated carbocycles. The molecule has 32 heavy (non-hydrogen) atoms. The first-order valence-electron chi connectivity index (χ1n) is 9.67. The lowest BCUT2D eigenvalue weighted by Gasteiger charge is -2.27. The molecular weight excluding hydrogens is 435 g/mol. The molecule has 1 fully saturated rings. The highest BCUT2D eigenvalue weighted by Crippen LogP contribution is 2.35. The summed E-state index contributed by atoms with van der Waals surface area (Å²) in [4.78, 5) is 28.9. The van der Waals surface area contributed by atoms with Crippen molar-refractivity contribution in [2.24, 2.45) is 0 Å². The zero-order valence-electron chi connectivity index (χ0n) is 16.5.